The smallest absolute Gasteiger partial charge is 0.301 e. The van der Waals surface area contributed by atoms with E-state index in [1.807, 2.05) is 43.3 Å². The zero-order chi connectivity index (χ0) is 15.9. The number of H-pyrrole nitrogens is 1. The lowest BCUT2D eigenvalue weighted by Gasteiger charge is -2.04. The number of aryl methyl sites for hydroxylation is 1. The predicted molar refractivity (Wildman–Crippen MR) is 87.5 cm³/mol. The van der Waals surface area contributed by atoms with Crippen molar-refractivity contribution in [1.82, 2.24) is 9.97 Å². The summed E-state index contributed by atoms with van der Waals surface area (Å²) < 4.78 is 12.2. The van der Waals surface area contributed by atoms with Gasteiger partial charge >= 0.3 is 6.04 Å². The van der Waals surface area contributed by atoms with Gasteiger partial charge in [0.2, 0.25) is 5.95 Å². The summed E-state index contributed by atoms with van der Waals surface area (Å²) in [6.07, 6.45) is 5.86. The molecule has 0 aliphatic rings. The van der Waals surface area contributed by atoms with Gasteiger partial charge in [0.05, 0.1) is 11.4 Å². The van der Waals surface area contributed by atoms with Crippen molar-refractivity contribution < 1.29 is 9.18 Å². The first kappa shape index (κ1) is 15.7. The van der Waals surface area contributed by atoms with Crippen molar-refractivity contribution in [2.24, 2.45) is 0 Å². The molecular weight excluding hydrogens is 281 g/mol. The summed E-state index contributed by atoms with van der Waals surface area (Å²) in [5.74, 6) is 0.620. The molecule has 0 fully saturated rings. The molecule has 1 heterocycles. The molecule has 0 atom stereocenters. The third-order valence-electron chi connectivity index (χ3n) is 3.11. The molecule has 114 valence electrons. The molecule has 5 heteroatoms. The maximum atomic E-state index is 12.2. The number of anilines is 2. The number of hydrogen-bond acceptors (Lipinski definition) is 3. The quantitative estimate of drug-likeness (QED) is 0.751. The first-order valence-corrected chi connectivity index (χ1v) is 7.02. The van der Waals surface area contributed by atoms with Crippen molar-refractivity contribution in [1.29, 1.82) is 0 Å². The minimum Gasteiger partial charge on any atom is -0.326 e. The molecule has 0 aliphatic carbocycles. The molecule has 2 N–H and O–H groups in total. The summed E-state index contributed by atoms with van der Waals surface area (Å²) in [5.41, 5.74) is 3.43. The number of rotatable bonds is 7. The van der Waals surface area contributed by atoms with Crippen LogP contribution in [0.25, 0.3) is 12.2 Å². The van der Waals surface area contributed by atoms with E-state index in [1.165, 1.54) is 0 Å². The van der Waals surface area contributed by atoms with Crippen LogP contribution in [0.4, 0.5) is 16.0 Å². The Morgan fingerprint density at radius 2 is 2.14 bits per heavy atom. The second kappa shape index (κ2) is 7.36. The van der Waals surface area contributed by atoms with E-state index in [0.717, 1.165) is 22.6 Å². The van der Waals surface area contributed by atoms with Gasteiger partial charge in [-0.2, -0.15) is 4.39 Å². The molecule has 2 rings (SSSR count). The zero-order valence-corrected chi connectivity index (χ0v) is 12.4. The van der Waals surface area contributed by atoms with Crippen LogP contribution < -0.4 is 5.32 Å². The van der Waals surface area contributed by atoms with Gasteiger partial charge < -0.3 is 10.3 Å². The second-order valence-corrected chi connectivity index (χ2v) is 4.77. The number of imidazole rings is 1. The normalized spacial score (nSPS) is 10.8. The number of allylic oxidation sites excluding steroid dienone is 1. The molecule has 0 radical (unpaired) electrons. The standard InChI is InChI=1S/C17H18FN3O/c1-3-5-15-14(4-2)20-17(21-15)19-13-9-6-12(7-10-13)8-11-16(18)22/h3-7,9-10H,2,8,11H2,1H3,(H2,19,20,21)/b5-3-. The van der Waals surface area contributed by atoms with Crippen LogP contribution in [-0.4, -0.2) is 16.0 Å². The van der Waals surface area contributed by atoms with E-state index in [9.17, 15) is 9.18 Å². The Kier molecular flexibility index (Phi) is 5.25. The molecule has 1 aromatic heterocycles. The van der Waals surface area contributed by atoms with Crippen molar-refractivity contribution in [3.8, 4) is 0 Å². The highest BCUT2D eigenvalue weighted by Crippen LogP contribution is 2.18. The number of halogens is 1. The summed E-state index contributed by atoms with van der Waals surface area (Å²) in [5, 5.41) is 3.16. The number of hydrogen-bond donors (Lipinski definition) is 2. The van der Waals surface area contributed by atoms with Gasteiger partial charge in [0, 0.05) is 12.1 Å². The molecule has 4 nitrogen and oxygen atoms in total. The maximum absolute atomic E-state index is 12.2. The van der Waals surface area contributed by atoms with Crippen molar-refractivity contribution in [3.05, 3.63) is 53.9 Å². The van der Waals surface area contributed by atoms with Crippen LogP contribution in [0.15, 0.2) is 36.9 Å². The van der Waals surface area contributed by atoms with E-state index in [0.29, 0.717) is 12.4 Å². The molecular formula is C17H18FN3O. The molecule has 0 aliphatic heterocycles. The first-order chi connectivity index (χ1) is 10.6. The highest BCUT2D eigenvalue weighted by Gasteiger charge is 2.05. The summed E-state index contributed by atoms with van der Waals surface area (Å²) >= 11 is 0. The van der Waals surface area contributed by atoms with E-state index < -0.39 is 6.04 Å². The number of carbonyl (C=O) groups excluding carboxylic acids is 1. The molecule has 0 spiro atoms. The molecule has 0 saturated heterocycles. The fourth-order valence-corrected chi connectivity index (χ4v) is 2.04. The predicted octanol–water partition coefficient (Wildman–Crippen LogP) is 4.26. The molecule has 0 unspecified atom stereocenters. The fourth-order valence-electron chi connectivity index (χ4n) is 2.04. The number of nitrogens with zero attached hydrogens (tertiary/aromatic N) is 1. The number of aromatic nitrogens is 2. The third kappa shape index (κ3) is 4.15. The Labute approximate surface area is 128 Å². The molecule has 0 saturated carbocycles. The van der Waals surface area contributed by atoms with Crippen molar-refractivity contribution >= 4 is 29.8 Å². The van der Waals surface area contributed by atoms with Gasteiger partial charge in [-0.15, -0.1) is 0 Å². The van der Waals surface area contributed by atoms with E-state index in [2.05, 4.69) is 21.9 Å². The van der Waals surface area contributed by atoms with Gasteiger partial charge in [-0.1, -0.05) is 24.8 Å². The highest BCUT2D eigenvalue weighted by molar-refractivity contribution is 5.68. The van der Waals surface area contributed by atoms with Gasteiger partial charge in [-0.25, -0.2) is 4.98 Å². The van der Waals surface area contributed by atoms with Crippen LogP contribution in [0.3, 0.4) is 0 Å². The Morgan fingerprint density at radius 1 is 1.41 bits per heavy atom. The van der Waals surface area contributed by atoms with Crippen LogP contribution in [0, 0.1) is 0 Å². The van der Waals surface area contributed by atoms with Crippen LogP contribution in [0.5, 0.6) is 0 Å². The van der Waals surface area contributed by atoms with E-state index in [-0.39, 0.29) is 6.42 Å². The van der Waals surface area contributed by atoms with Crippen LogP contribution in [0.1, 0.15) is 30.3 Å². The number of nitrogens with one attached hydrogen (secondary N) is 2. The lowest BCUT2D eigenvalue weighted by Crippen LogP contribution is -1.95. The molecule has 2 aromatic rings. The van der Waals surface area contributed by atoms with Crippen molar-refractivity contribution in [3.63, 3.8) is 0 Å². The topological polar surface area (TPSA) is 57.8 Å². The Balaban J connectivity index is 2.07. The van der Waals surface area contributed by atoms with Crippen LogP contribution >= 0.6 is 0 Å². The second-order valence-electron chi connectivity index (χ2n) is 4.77. The Hall–Kier alpha value is -2.69. The lowest BCUT2D eigenvalue weighted by atomic mass is 10.1. The molecule has 0 amide bonds. The Morgan fingerprint density at radius 3 is 2.73 bits per heavy atom. The summed E-state index contributed by atoms with van der Waals surface area (Å²) in [6, 6.07) is 6.16. The van der Waals surface area contributed by atoms with E-state index in [1.54, 1.807) is 6.08 Å². The van der Waals surface area contributed by atoms with E-state index >= 15 is 0 Å². The van der Waals surface area contributed by atoms with Crippen molar-refractivity contribution in [2.45, 2.75) is 19.8 Å². The first-order valence-electron chi connectivity index (χ1n) is 7.02. The third-order valence-corrected chi connectivity index (χ3v) is 3.11. The summed E-state index contributed by atoms with van der Waals surface area (Å²) in [4.78, 5) is 17.9. The SMILES string of the molecule is C=Cc1nc(Nc2ccc(CCC(=O)F)cc2)[nH]c1/C=C\C. The Bertz CT molecular complexity index is 686. The summed E-state index contributed by atoms with van der Waals surface area (Å²) in [6.45, 7) is 5.67. The number of benzene rings is 1. The van der Waals surface area contributed by atoms with Gasteiger partial charge in [-0.3, -0.25) is 4.79 Å². The van der Waals surface area contributed by atoms with Gasteiger partial charge in [0.25, 0.3) is 0 Å². The van der Waals surface area contributed by atoms with Gasteiger partial charge in [0.15, 0.2) is 0 Å². The van der Waals surface area contributed by atoms with Gasteiger partial charge in [0.1, 0.15) is 0 Å². The largest absolute Gasteiger partial charge is 0.326 e. The number of aromatic amines is 1. The minimum absolute atomic E-state index is 0.0830. The van der Waals surface area contributed by atoms with E-state index in [4.69, 9.17) is 0 Å². The molecule has 22 heavy (non-hydrogen) atoms. The minimum atomic E-state index is -1.29. The average molecular weight is 299 g/mol. The van der Waals surface area contributed by atoms with Crippen molar-refractivity contribution in [2.75, 3.05) is 5.32 Å². The zero-order valence-electron chi connectivity index (χ0n) is 12.4. The number of carbonyl (C=O) groups is 1. The summed E-state index contributed by atoms with van der Waals surface area (Å²) in [7, 11) is 0. The average Bonchev–Trinajstić information content (AvgIpc) is 2.88. The monoisotopic (exact) mass is 299 g/mol. The van der Waals surface area contributed by atoms with Crippen LogP contribution in [-0.2, 0) is 11.2 Å². The fraction of sp³-hybridized carbons (Fsp3) is 0.176. The maximum Gasteiger partial charge on any atom is 0.301 e. The molecule has 1 aromatic carbocycles. The molecule has 0 bridgehead atoms. The lowest BCUT2D eigenvalue weighted by molar-refractivity contribution is -0.129. The van der Waals surface area contributed by atoms with Crippen LogP contribution in [0.2, 0.25) is 0 Å². The highest BCUT2D eigenvalue weighted by atomic mass is 19.1. The van der Waals surface area contributed by atoms with Gasteiger partial charge in [-0.05, 0) is 43.2 Å².